The van der Waals surface area contributed by atoms with E-state index < -0.39 is 0 Å². The van der Waals surface area contributed by atoms with Crippen LogP contribution < -0.4 is 11.1 Å². The van der Waals surface area contributed by atoms with E-state index in [1.807, 2.05) is 18.2 Å². The van der Waals surface area contributed by atoms with Crippen LogP contribution in [0.2, 0.25) is 0 Å². The second-order valence-corrected chi connectivity index (χ2v) is 6.56. The minimum atomic E-state index is -0.221. The van der Waals surface area contributed by atoms with Gasteiger partial charge in [0.2, 0.25) is 5.91 Å². The number of thiazole rings is 1. The first-order valence-electron chi connectivity index (χ1n) is 7.65. The van der Waals surface area contributed by atoms with E-state index in [9.17, 15) is 4.79 Å². The van der Waals surface area contributed by atoms with Gasteiger partial charge in [0.1, 0.15) is 0 Å². The smallest absolute Gasteiger partial charge is 0.222 e. The van der Waals surface area contributed by atoms with Crippen LogP contribution >= 0.6 is 36.2 Å². The third-order valence-electron chi connectivity index (χ3n) is 3.56. The van der Waals surface area contributed by atoms with Crippen LogP contribution in [0.3, 0.4) is 0 Å². The van der Waals surface area contributed by atoms with Gasteiger partial charge in [0.05, 0.1) is 23.2 Å². The standard InChI is InChI=1S/C17H23N3O2S.2ClH/c1-12-17(13-6-4-3-5-7-13)20-16(23-12)8-9-19-15(21)10-14(11-18)22-2;;/h3-7,14H,8-11,18H2,1-2H3,(H,19,21);2*1H. The number of methoxy groups -OCH3 is 1. The van der Waals surface area contributed by atoms with E-state index in [4.69, 9.17) is 15.5 Å². The molecule has 1 atom stereocenters. The Bertz CT molecular complexity index is 634. The van der Waals surface area contributed by atoms with Gasteiger partial charge in [-0.3, -0.25) is 4.79 Å². The van der Waals surface area contributed by atoms with Crippen molar-refractivity contribution >= 4 is 42.1 Å². The van der Waals surface area contributed by atoms with Crippen molar-refractivity contribution in [3.05, 3.63) is 40.2 Å². The molecule has 0 aliphatic rings. The molecule has 0 bridgehead atoms. The fraction of sp³-hybridized carbons (Fsp3) is 0.412. The summed E-state index contributed by atoms with van der Waals surface area (Å²) in [6.45, 7) is 2.99. The predicted molar refractivity (Wildman–Crippen MR) is 108 cm³/mol. The lowest BCUT2D eigenvalue weighted by atomic mass is 10.1. The van der Waals surface area contributed by atoms with Gasteiger partial charge in [0.15, 0.2) is 0 Å². The molecule has 8 heteroatoms. The van der Waals surface area contributed by atoms with Crippen molar-refractivity contribution < 1.29 is 9.53 Å². The molecule has 0 spiro atoms. The second-order valence-electron chi connectivity index (χ2n) is 5.28. The van der Waals surface area contributed by atoms with Crippen molar-refractivity contribution in [1.82, 2.24) is 10.3 Å². The Morgan fingerprint density at radius 2 is 2.00 bits per heavy atom. The maximum absolute atomic E-state index is 11.8. The molecule has 3 N–H and O–H groups in total. The number of rotatable bonds is 8. The fourth-order valence-electron chi connectivity index (χ4n) is 2.27. The van der Waals surface area contributed by atoms with Gasteiger partial charge in [-0.15, -0.1) is 36.2 Å². The summed E-state index contributed by atoms with van der Waals surface area (Å²) in [7, 11) is 1.56. The quantitative estimate of drug-likeness (QED) is 0.707. The zero-order valence-electron chi connectivity index (χ0n) is 14.4. The number of carbonyl (C=O) groups is 1. The average Bonchev–Trinajstić information content (AvgIpc) is 2.94. The molecule has 1 aromatic carbocycles. The molecule has 0 radical (unpaired) electrons. The summed E-state index contributed by atoms with van der Waals surface area (Å²) < 4.78 is 5.11. The number of nitrogens with one attached hydrogen (secondary N) is 1. The highest BCUT2D eigenvalue weighted by atomic mass is 35.5. The van der Waals surface area contributed by atoms with Crippen LogP contribution in [0.5, 0.6) is 0 Å². The van der Waals surface area contributed by atoms with Gasteiger partial charge in [0, 0.05) is 37.1 Å². The summed E-state index contributed by atoms with van der Waals surface area (Å²) >= 11 is 1.68. The summed E-state index contributed by atoms with van der Waals surface area (Å²) in [4.78, 5) is 17.7. The summed E-state index contributed by atoms with van der Waals surface area (Å²) in [5, 5.41) is 3.92. The minimum absolute atomic E-state index is 0. The lowest BCUT2D eigenvalue weighted by Crippen LogP contribution is -2.33. The first kappa shape index (κ1) is 23.8. The fourth-order valence-corrected chi connectivity index (χ4v) is 3.23. The highest BCUT2D eigenvalue weighted by Crippen LogP contribution is 2.27. The van der Waals surface area contributed by atoms with E-state index in [1.54, 1.807) is 18.4 Å². The zero-order chi connectivity index (χ0) is 16.7. The summed E-state index contributed by atoms with van der Waals surface area (Å²) in [5.74, 6) is -0.0427. The molecule has 2 aromatic rings. The summed E-state index contributed by atoms with van der Waals surface area (Å²) in [6, 6.07) is 10.1. The van der Waals surface area contributed by atoms with Gasteiger partial charge in [0.25, 0.3) is 0 Å². The molecule has 1 amide bonds. The Morgan fingerprint density at radius 1 is 1.32 bits per heavy atom. The number of aryl methyl sites for hydroxylation is 1. The molecule has 1 heterocycles. The normalized spacial score (nSPS) is 11.2. The number of benzene rings is 1. The molecule has 0 aliphatic heterocycles. The lowest BCUT2D eigenvalue weighted by Gasteiger charge is -2.12. The SMILES string of the molecule is COC(CN)CC(=O)NCCc1nc(-c2ccccc2)c(C)s1.Cl.Cl. The molecule has 1 aromatic heterocycles. The molecule has 140 valence electrons. The number of halogens is 2. The van der Waals surface area contributed by atoms with Crippen LogP contribution in [-0.4, -0.2) is 37.2 Å². The Kier molecular flexibility index (Phi) is 11.6. The summed E-state index contributed by atoms with van der Waals surface area (Å²) in [5.41, 5.74) is 7.67. The number of nitrogens with two attached hydrogens (primary N) is 1. The van der Waals surface area contributed by atoms with Crippen molar-refractivity contribution in [2.24, 2.45) is 5.73 Å². The van der Waals surface area contributed by atoms with E-state index in [2.05, 4.69) is 24.4 Å². The second kappa shape index (κ2) is 12.2. The first-order chi connectivity index (χ1) is 11.1. The molecule has 0 aliphatic carbocycles. The van der Waals surface area contributed by atoms with E-state index >= 15 is 0 Å². The van der Waals surface area contributed by atoms with Crippen molar-refractivity contribution in [2.45, 2.75) is 25.9 Å². The maximum Gasteiger partial charge on any atom is 0.222 e. The number of hydrogen-bond acceptors (Lipinski definition) is 5. The largest absolute Gasteiger partial charge is 0.380 e. The van der Waals surface area contributed by atoms with Crippen molar-refractivity contribution in [2.75, 3.05) is 20.2 Å². The van der Waals surface area contributed by atoms with Gasteiger partial charge in [-0.2, -0.15) is 0 Å². The third-order valence-corrected chi connectivity index (χ3v) is 4.59. The van der Waals surface area contributed by atoms with Crippen molar-refractivity contribution in [3.63, 3.8) is 0 Å². The van der Waals surface area contributed by atoms with Crippen LogP contribution in [0.1, 0.15) is 16.3 Å². The number of amides is 1. The Hall–Kier alpha value is -1.18. The molecule has 2 rings (SSSR count). The molecule has 25 heavy (non-hydrogen) atoms. The van der Waals surface area contributed by atoms with Crippen molar-refractivity contribution in [1.29, 1.82) is 0 Å². The summed E-state index contributed by atoms with van der Waals surface area (Å²) in [6.07, 6.45) is 0.797. The first-order valence-corrected chi connectivity index (χ1v) is 8.47. The molecule has 0 saturated heterocycles. The van der Waals surface area contributed by atoms with Gasteiger partial charge in [-0.1, -0.05) is 30.3 Å². The van der Waals surface area contributed by atoms with Crippen LogP contribution in [0.4, 0.5) is 0 Å². The Morgan fingerprint density at radius 3 is 2.60 bits per heavy atom. The minimum Gasteiger partial charge on any atom is -0.380 e. The highest BCUT2D eigenvalue weighted by Gasteiger charge is 2.12. The van der Waals surface area contributed by atoms with E-state index in [1.165, 1.54) is 4.88 Å². The molecular formula is C17H25Cl2N3O2S. The molecule has 1 unspecified atom stereocenters. The van der Waals surface area contributed by atoms with E-state index in [0.717, 1.165) is 22.7 Å². The van der Waals surface area contributed by atoms with Crippen LogP contribution in [-0.2, 0) is 16.0 Å². The monoisotopic (exact) mass is 405 g/mol. The van der Waals surface area contributed by atoms with Crippen molar-refractivity contribution in [3.8, 4) is 11.3 Å². The van der Waals surface area contributed by atoms with E-state index in [0.29, 0.717) is 19.5 Å². The number of hydrogen-bond donors (Lipinski definition) is 2. The van der Waals surface area contributed by atoms with Gasteiger partial charge in [-0.05, 0) is 6.92 Å². The number of carbonyl (C=O) groups excluding carboxylic acids is 1. The number of ether oxygens (including phenoxy) is 1. The Balaban J connectivity index is 0.00000288. The molecule has 0 saturated carbocycles. The zero-order valence-corrected chi connectivity index (χ0v) is 16.8. The third kappa shape index (κ3) is 7.30. The topological polar surface area (TPSA) is 77.2 Å². The molecule has 0 fully saturated rings. The van der Waals surface area contributed by atoms with Crippen LogP contribution in [0.25, 0.3) is 11.3 Å². The lowest BCUT2D eigenvalue weighted by molar-refractivity contribution is -0.123. The predicted octanol–water partition coefficient (Wildman–Crippen LogP) is 2.98. The Labute approximate surface area is 165 Å². The molecule has 5 nitrogen and oxygen atoms in total. The van der Waals surface area contributed by atoms with Crippen LogP contribution in [0.15, 0.2) is 30.3 Å². The van der Waals surface area contributed by atoms with E-state index in [-0.39, 0.29) is 36.8 Å². The number of aromatic nitrogens is 1. The van der Waals surface area contributed by atoms with Gasteiger partial charge >= 0.3 is 0 Å². The highest BCUT2D eigenvalue weighted by molar-refractivity contribution is 7.12. The van der Waals surface area contributed by atoms with Crippen LogP contribution in [0, 0.1) is 6.92 Å². The number of nitrogens with zero attached hydrogens (tertiary/aromatic N) is 1. The van der Waals surface area contributed by atoms with Gasteiger partial charge < -0.3 is 15.8 Å². The molecular weight excluding hydrogens is 381 g/mol. The average molecular weight is 406 g/mol. The maximum atomic E-state index is 11.8. The van der Waals surface area contributed by atoms with Gasteiger partial charge in [-0.25, -0.2) is 4.98 Å².